The zero-order valence-corrected chi connectivity index (χ0v) is 9.85. The summed E-state index contributed by atoms with van der Waals surface area (Å²) in [6.45, 7) is 14.0. The van der Waals surface area contributed by atoms with Gasteiger partial charge in [-0.05, 0) is 27.7 Å². The minimum Gasteiger partial charge on any atom is -0.382 e. The lowest BCUT2D eigenvalue weighted by Gasteiger charge is -2.08. The molecule has 0 spiro atoms. The lowest BCUT2D eigenvalue weighted by molar-refractivity contribution is -0.114. The molecule has 0 aromatic heterocycles. The van der Waals surface area contributed by atoms with Crippen LogP contribution in [0.15, 0.2) is 24.9 Å². The normalized spacial score (nSPS) is 6.62. The first kappa shape index (κ1) is 17.9. The Bertz CT molecular complexity index is 144. The topological polar surface area (TPSA) is 20.3 Å². The van der Waals surface area contributed by atoms with E-state index in [9.17, 15) is 4.79 Å². The fourth-order valence-corrected chi connectivity index (χ4v) is 0. The van der Waals surface area contributed by atoms with Crippen molar-refractivity contribution in [3.05, 3.63) is 24.9 Å². The van der Waals surface area contributed by atoms with Crippen LogP contribution in [0.2, 0.25) is 0 Å². The second-order valence-electron chi connectivity index (χ2n) is 2.95. The van der Waals surface area contributed by atoms with E-state index in [1.165, 1.54) is 13.8 Å². The molecule has 0 fully saturated rings. The summed E-state index contributed by atoms with van der Waals surface area (Å²) in [7, 11) is 3.95. The molecular weight excluding hydrogens is 162 g/mol. The predicted octanol–water partition coefficient (Wildman–Crippen LogP) is 2.87. The monoisotopic (exact) mass is 185 g/mol. The van der Waals surface area contributed by atoms with E-state index in [0.717, 1.165) is 5.70 Å². The van der Waals surface area contributed by atoms with Crippen LogP contribution in [0.1, 0.15) is 27.7 Å². The molecule has 0 aromatic carbocycles. The predicted molar refractivity (Wildman–Crippen MR) is 60.7 cm³/mol. The van der Waals surface area contributed by atoms with Crippen molar-refractivity contribution < 1.29 is 4.79 Å². The van der Waals surface area contributed by atoms with Crippen LogP contribution in [0.5, 0.6) is 0 Å². The molecule has 0 saturated carbocycles. The van der Waals surface area contributed by atoms with E-state index >= 15 is 0 Å². The van der Waals surface area contributed by atoms with E-state index < -0.39 is 0 Å². The van der Waals surface area contributed by atoms with Crippen molar-refractivity contribution in [3.8, 4) is 0 Å². The average Bonchev–Trinajstić information content (AvgIpc) is 1.87. The molecule has 0 unspecified atom stereocenters. The third-order valence-electron chi connectivity index (χ3n) is 0.763. The zero-order chi connectivity index (χ0) is 11.4. The van der Waals surface area contributed by atoms with Crippen LogP contribution in [-0.2, 0) is 4.79 Å². The van der Waals surface area contributed by atoms with Gasteiger partial charge < -0.3 is 9.69 Å². The maximum Gasteiger partial charge on any atom is 0.126 e. The van der Waals surface area contributed by atoms with Gasteiger partial charge in [0.2, 0.25) is 0 Å². The maximum atomic E-state index is 9.44. The van der Waals surface area contributed by atoms with Gasteiger partial charge in [-0.1, -0.05) is 12.7 Å². The summed E-state index contributed by atoms with van der Waals surface area (Å²) in [5, 5.41) is 0. The van der Waals surface area contributed by atoms with Gasteiger partial charge in [-0.15, -0.1) is 6.58 Å². The molecule has 13 heavy (non-hydrogen) atoms. The molecule has 0 N–H and O–H groups in total. The highest BCUT2D eigenvalue weighted by atomic mass is 16.1. The van der Waals surface area contributed by atoms with Crippen molar-refractivity contribution in [1.82, 2.24) is 4.90 Å². The Labute approximate surface area is 82.9 Å². The summed E-state index contributed by atoms with van der Waals surface area (Å²) in [6, 6.07) is 0. The molecule has 0 amide bonds. The molecule has 0 aromatic rings. The lowest BCUT2D eigenvalue weighted by atomic mass is 10.5. The Balaban J connectivity index is -0.000000125. The SMILES string of the molecule is C=C(C)N(C)C.C=CC.CC(C)=O. The van der Waals surface area contributed by atoms with Crippen molar-refractivity contribution >= 4 is 5.78 Å². The highest BCUT2D eigenvalue weighted by Crippen LogP contribution is 1.86. The van der Waals surface area contributed by atoms with Gasteiger partial charge in [-0.2, -0.15) is 0 Å². The third kappa shape index (κ3) is 101. The summed E-state index contributed by atoms with van der Waals surface area (Å²) in [5.41, 5.74) is 1.09. The molecule has 0 radical (unpaired) electrons. The summed E-state index contributed by atoms with van der Waals surface area (Å²) < 4.78 is 0. The number of rotatable bonds is 1. The van der Waals surface area contributed by atoms with Crippen molar-refractivity contribution in [3.63, 3.8) is 0 Å². The molecule has 0 aliphatic rings. The van der Waals surface area contributed by atoms with E-state index in [2.05, 4.69) is 13.2 Å². The van der Waals surface area contributed by atoms with Crippen LogP contribution >= 0.6 is 0 Å². The zero-order valence-electron chi connectivity index (χ0n) is 9.85. The van der Waals surface area contributed by atoms with Gasteiger partial charge in [0.1, 0.15) is 5.78 Å². The Morgan fingerprint density at radius 2 is 1.31 bits per heavy atom. The third-order valence-corrected chi connectivity index (χ3v) is 0.763. The van der Waals surface area contributed by atoms with Crippen LogP contribution in [0.4, 0.5) is 0 Å². The summed E-state index contributed by atoms with van der Waals surface area (Å²) >= 11 is 0. The Hall–Kier alpha value is -1.05. The van der Waals surface area contributed by atoms with E-state index in [1.807, 2.05) is 32.8 Å². The van der Waals surface area contributed by atoms with E-state index in [4.69, 9.17) is 0 Å². The number of nitrogens with zero attached hydrogens (tertiary/aromatic N) is 1. The number of hydrogen-bond acceptors (Lipinski definition) is 2. The molecule has 78 valence electrons. The molecule has 2 nitrogen and oxygen atoms in total. The first-order chi connectivity index (χ1) is 5.79. The van der Waals surface area contributed by atoms with E-state index in [1.54, 1.807) is 6.08 Å². The Kier molecular flexibility index (Phi) is 18.6. The molecule has 0 rings (SSSR count). The average molecular weight is 185 g/mol. The highest BCUT2D eigenvalue weighted by Gasteiger charge is 1.79. The van der Waals surface area contributed by atoms with Gasteiger partial charge in [-0.3, -0.25) is 0 Å². The van der Waals surface area contributed by atoms with Crippen LogP contribution in [0, 0.1) is 0 Å². The standard InChI is InChI=1S/C5H11N.C3H6O.C3H6/c1-5(2)6(3)4;1-3(2)4;1-3-2/h1H2,2-4H3;1-2H3;3H,1H2,2H3. The van der Waals surface area contributed by atoms with Crippen LogP contribution in [0.25, 0.3) is 0 Å². The number of ketones is 1. The van der Waals surface area contributed by atoms with Gasteiger partial charge >= 0.3 is 0 Å². The number of hydrogen-bond donors (Lipinski definition) is 0. The molecule has 0 heterocycles. The Morgan fingerprint density at radius 3 is 1.31 bits per heavy atom. The van der Waals surface area contributed by atoms with Gasteiger partial charge in [0, 0.05) is 19.8 Å². The van der Waals surface area contributed by atoms with Crippen molar-refractivity contribution in [2.75, 3.05) is 14.1 Å². The van der Waals surface area contributed by atoms with Crippen LogP contribution in [-0.4, -0.2) is 24.8 Å². The number of allylic oxidation sites excluding steroid dienone is 2. The maximum absolute atomic E-state index is 9.44. The molecule has 2 heteroatoms. The molecule has 0 aliphatic carbocycles. The van der Waals surface area contributed by atoms with E-state index in [0.29, 0.717) is 0 Å². The second-order valence-corrected chi connectivity index (χ2v) is 2.95. The van der Waals surface area contributed by atoms with Crippen molar-refractivity contribution in [1.29, 1.82) is 0 Å². The largest absolute Gasteiger partial charge is 0.382 e. The first-order valence-corrected chi connectivity index (χ1v) is 4.16. The fourth-order valence-electron chi connectivity index (χ4n) is 0. The fraction of sp³-hybridized carbons (Fsp3) is 0.545. The summed E-state index contributed by atoms with van der Waals surface area (Å²) in [5.74, 6) is 0.167. The number of carbonyl (C=O) groups is 1. The Morgan fingerprint density at radius 1 is 1.23 bits per heavy atom. The molecular formula is C11H23NO. The summed E-state index contributed by atoms with van der Waals surface area (Å²) in [6.07, 6.45) is 1.75. The highest BCUT2D eigenvalue weighted by molar-refractivity contribution is 5.72. The molecule has 0 atom stereocenters. The molecule has 0 aliphatic heterocycles. The van der Waals surface area contributed by atoms with Crippen molar-refractivity contribution in [2.45, 2.75) is 27.7 Å². The van der Waals surface area contributed by atoms with Crippen LogP contribution < -0.4 is 0 Å². The minimum atomic E-state index is 0.167. The lowest BCUT2D eigenvalue weighted by Crippen LogP contribution is -2.05. The molecule has 0 saturated heterocycles. The van der Waals surface area contributed by atoms with Gasteiger partial charge in [0.15, 0.2) is 0 Å². The van der Waals surface area contributed by atoms with Gasteiger partial charge in [-0.25, -0.2) is 0 Å². The van der Waals surface area contributed by atoms with Gasteiger partial charge in [0.25, 0.3) is 0 Å². The van der Waals surface area contributed by atoms with E-state index in [-0.39, 0.29) is 5.78 Å². The molecule has 0 bridgehead atoms. The smallest absolute Gasteiger partial charge is 0.126 e. The van der Waals surface area contributed by atoms with Crippen molar-refractivity contribution in [2.24, 2.45) is 0 Å². The minimum absolute atomic E-state index is 0.167. The second kappa shape index (κ2) is 13.5. The number of carbonyl (C=O) groups excluding carboxylic acids is 1. The number of Topliss-reactive ketones (excluding diaryl/α,β-unsaturated/α-hetero) is 1. The first-order valence-electron chi connectivity index (χ1n) is 4.16. The van der Waals surface area contributed by atoms with Crippen LogP contribution in [0.3, 0.4) is 0 Å². The summed E-state index contributed by atoms with van der Waals surface area (Å²) in [4.78, 5) is 11.4. The quantitative estimate of drug-likeness (QED) is 0.585. The van der Waals surface area contributed by atoms with Gasteiger partial charge in [0.05, 0.1) is 0 Å².